The zero-order chi connectivity index (χ0) is 36.6. The van der Waals surface area contributed by atoms with Crippen LogP contribution in [0.4, 0.5) is 17.1 Å². The molecule has 2 heteroatoms. The Morgan fingerprint density at radius 1 is 0.389 bits per heavy atom. The van der Waals surface area contributed by atoms with Crippen LogP contribution in [0.3, 0.4) is 0 Å². The molecule has 0 atom stereocenters. The molecule has 0 radical (unpaired) electrons. The van der Waals surface area contributed by atoms with E-state index >= 15 is 0 Å². The summed E-state index contributed by atoms with van der Waals surface area (Å²) in [6.07, 6.45) is 0. The second kappa shape index (κ2) is 13.7. The van der Waals surface area contributed by atoms with Crippen molar-refractivity contribution in [2.24, 2.45) is 0 Å². The molecule has 0 spiro atoms. The molecule has 0 saturated heterocycles. The quantitative estimate of drug-likeness (QED) is 0.165. The summed E-state index contributed by atoms with van der Waals surface area (Å²) in [4.78, 5) is 2.34. The Kier molecular flexibility index (Phi) is 8.44. The third kappa shape index (κ3) is 6.27. The number of benzene rings is 8. The van der Waals surface area contributed by atoms with Crippen LogP contribution in [0.25, 0.3) is 66.4 Å². The zero-order valence-corrected chi connectivity index (χ0v) is 30.8. The molecule has 9 aromatic rings. The van der Waals surface area contributed by atoms with Crippen LogP contribution < -0.4 is 4.90 Å². The molecule has 0 amide bonds. The van der Waals surface area contributed by atoms with Gasteiger partial charge in [-0.2, -0.15) is 0 Å². The number of fused-ring (bicyclic) bond motifs is 2. The van der Waals surface area contributed by atoms with Gasteiger partial charge in [0.25, 0.3) is 0 Å². The van der Waals surface area contributed by atoms with Gasteiger partial charge in [-0.15, -0.1) is 0 Å². The smallest absolute Gasteiger partial charge is 0.139 e. The van der Waals surface area contributed by atoms with Gasteiger partial charge in [0, 0.05) is 33.6 Å². The summed E-state index contributed by atoms with van der Waals surface area (Å²) >= 11 is 0. The van der Waals surface area contributed by atoms with E-state index in [0.717, 1.165) is 34.0 Å². The highest BCUT2D eigenvalue weighted by atomic mass is 16.3. The topological polar surface area (TPSA) is 16.4 Å². The van der Waals surface area contributed by atoms with Gasteiger partial charge in [0.1, 0.15) is 11.3 Å². The van der Waals surface area contributed by atoms with Crippen LogP contribution in [0.15, 0.2) is 199 Å². The van der Waals surface area contributed by atoms with Crippen LogP contribution in [-0.2, 0) is 5.41 Å². The molecule has 0 aliphatic carbocycles. The molecule has 54 heavy (non-hydrogen) atoms. The molecule has 1 heterocycles. The molecule has 0 aliphatic heterocycles. The van der Waals surface area contributed by atoms with Crippen molar-refractivity contribution in [1.82, 2.24) is 0 Å². The standard InChI is InChI=1S/C52H41NO/c1-52(2,3)50-48-20-9-10-22-49(48)54-51(50)42-17-11-18-45(35-42)53(43-31-27-38(28-32-43)36-13-5-4-6-14-36)44-33-29-39(30-34-44)37-23-25-41(26-24-37)47-21-12-16-40-15-7-8-19-46(40)47/h4-35H,1-3H3. The maximum Gasteiger partial charge on any atom is 0.139 e. The lowest BCUT2D eigenvalue weighted by molar-refractivity contribution is 0.568. The molecule has 0 bridgehead atoms. The first-order valence-corrected chi connectivity index (χ1v) is 18.7. The van der Waals surface area contributed by atoms with Crippen molar-refractivity contribution >= 4 is 38.8 Å². The van der Waals surface area contributed by atoms with E-state index < -0.39 is 0 Å². The first kappa shape index (κ1) is 33.2. The number of hydrogen-bond donors (Lipinski definition) is 0. The highest BCUT2D eigenvalue weighted by Crippen LogP contribution is 2.44. The van der Waals surface area contributed by atoms with Crippen LogP contribution in [0.2, 0.25) is 0 Å². The monoisotopic (exact) mass is 695 g/mol. The second-order valence-electron chi connectivity index (χ2n) is 15.0. The largest absolute Gasteiger partial charge is 0.456 e. The predicted octanol–water partition coefficient (Wildman–Crippen LogP) is 15.0. The highest BCUT2D eigenvalue weighted by molar-refractivity contribution is 5.97. The number of furan rings is 1. The Labute approximate surface area is 317 Å². The van der Waals surface area contributed by atoms with Crippen molar-refractivity contribution in [2.45, 2.75) is 26.2 Å². The molecule has 8 aromatic carbocycles. The van der Waals surface area contributed by atoms with Crippen molar-refractivity contribution in [3.63, 3.8) is 0 Å². The minimum absolute atomic E-state index is 0.103. The summed E-state index contributed by atoms with van der Waals surface area (Å²) in [5.41, 5.74) is 13.5. The van der Waals surface area contributed by atoms with Crippen LogP contribution in [0, 0.1) is 0 Å². The van der Waals surface area contributed by atoms with Crippen molar-refractivity contribution < 1.29 is 4.42 Å². The number of nitrogens with zero attached hydrogens (tertiary/aromatic N) is 1. The van der Waals surface area contributed by atoms with Crippen LogP contribution in [0.5, 0.6) is 0 Å². The minimum atomic E-state index is -0.103. The normalized spacial score (nSPS) is 11.6. The molecule has 1 aromatic heterocycles. The van der Waals surface area contributed by atoms with Crippen LogP contribution >= 0.6 is 0 Å². The number of para-hydroxylation sites is 1. The Morgan fingerprint density at radius 2 is 0.889 bits per heavy atom. The van der Waals surface area contributed by atoms with Gasteiger partial charge in [0.05, 0.1) is 0 Å². The van der Waals surface area contributed by atoms with E-state index in [1.54, 1.807) is 0 Å². The Bertz CT molecular complexity index is 2710. The van der Waals surface area contributed by atoms with Gasteiger partial charge in [-0.3, -0.25) is 0 Å². The van der Waals surface area contributed by atoms with E-state index in [9.17, 15) is 0 Å². The van der Waals surface area contributed by atoms with Gasteiger partial charge in [-0.25, -0.2) is 0 Å². The summed E-state index contributed by atoms with van der Waals surface area (Å²) in [6.45, 7) is 6.78. The van der Waals surface area contributed by atoms with Crippen LogP contribution in [-0.4, -0.2) is 0 Å². The van der Waals surface area contributed by atoms with E-state index in [2.05, 4.69) is 214 Å². The average Bonchev–Trinajstić information content (AvgIpc) is 3.63. The lowest BCUT2D eigenvalue weighted by atomic mass is 9.83. The maximum absolute atomic E-state index is 6.63. The lowest BCUT2D eigenvalue weighted by Gasteiger charge is -2.27. The summed E-state index contributed by atoms with van der Waals surface area (Å²) in [5.74, 6) is 0.923. The second-order valence-corrected chi connectivity index (χ2v) is 15.0. The third-order valence-corrected chi connectivity index (χ3v) is 10.4. The van der Waals surface area contributed by atoms with Gasteiger partial charge in [-0.1, -0.05) is 172 Å². The van der Waals surface area contributed by atoms with E-state index in [1.165, 1.54) is 55.1 Å². The first-order valence-electron chi connectivity index (χ1n) is 18.7. The van der Waals surface area contributed by atoms with E-state index in [1.807, 2.05) is 6.07 Å². The molecule has 9 rings (SSSR count). The van der Waals surface area contributed by atoms with Gasteiger partial charge in [-0.05, 0) is 92.0 Å². The summed E-state index contributed by atoms with van der Waals surface area (Å²) < 4.78 is 6.63. The Morgan fingerprint density at radius 3 is 1.56 bits per heavy atom. The average molecular weight is 696 g/mol. The predicted molar refractivity (Wildman–Crippen MR) is 229 cm³/mol. The van der Waals surface area contributed by atoms with Gasteiger partial charge >= 0.3 is 0 Å². The first-order chi connectivity index (χ1) is 26.4. The fourth-order valence-electron chi connectivity index (χ4n) is 7.78. The molecule has 0 fully saturated rings. The van der Waals surface area contributed by atoms with E-state index in [-0.39, 0.29) is 5.41 Å². The molecule has 260 valence electrons. The number of hydrogen-bond acceptors (Lipinski definition) is 2. The fraction of sp³-hybridized carbons (Fsp3) is 0.0769. The molecule has 2 nitrogen and oxygen atoms in total. The van der Waals surface area contributed by atoms with Crippen molar-refractivity contribution in [2.75, 3.05) is 4.90 Å². The Hall–Kier alpha value is -6.64. The minimum Gasteiger partial charge on any atom is -0.456 e. The summed E-state index contributed by atoms with van der Waals surface area (Å²) in [5, 5.41) is 3.69. The van der Waals surface area contributed by atoms with E-state index in [0.29, 0.717) is 0 Å². The molecule has 0 unspecified atom stereocenters. The van der Waals surface area contributed by atoms with Gasteiger partial charge in [0.15, 0.2) is 0 Å². The van der Waals surface area contributed by atoms with Gasteiger partial charge < -0.3 is 9.32 Å². The summed E-state index contributed by atoms with van der Waals surface area (Å²) in [7, 11) is 0. The maximum atomic E-state index is 6.63. The number of rotatable bonds is 7. The molecular weight excluding hydrogens is 655 g/mol. The fourth-order valence-corrected chi connectivity index (χ4v) is 7.78. The lowest BCUT2D eigenvalue weighted by Crippen LogP contribution is -2.12. The number of anilines is 3. The molecule has 0 aliphatic rings. The third-order valence-electron chi connectivity index (χ3n) is 10.4. The Balaban J connectivity index is 1.10. The molecule has 0 saturated carbocycles. The van der Waals surface area contributed by atoms with Gasteiger partial charge in [0.2, 0.25) is 0 Å². The highest BCUT2D eigenvalue weighted by Gasteiger charge is 2.26. The summed E-state index contributed by atoms with van der Waals surface area (Å²) in [6, 6.07) is 69.5. The van der Waals surface area contributed by atoms with Crippen molar-refractivity contribution in [3.05, 3.63) is 200 Å². The van der Waals surface area contributed by atoms with E-state index in [4.69, 9.17) is 4.42 Å². The zero-order valence-electron chi connectivity index (χ0n) is 30.8. The SMILES string of the molecule is CC(C)(C)c1c(-c2cccc(N(c3ccc(-c4ccccc4)cc3)c3ccc(-c4ccc(-c5cccc6ccccc56)cc4)cc3)c2)oc2ccccc12. The van der Waals surface area contributed by atoms with Crippen molar-refractivity contribution in [3.8, 4) is 44.7 Å². The van der Waals surface area contributed by atoms with Crippen LogP contribution in [0.1, 0.15) is 26.3 Å². The van der Waals surface area contributed by atoms with Crippen molar-refractivity contribution in [1.29, 1.82) is 0 Å². The molecule has 0 N–H and O–H groups in total. The molecular formula is C52H41NO.